The summed E-state index contributed by atoms with van der Waals surface area (Å²) in [6.45, 7) is 1.07. The first-order valence-electron chi connectivity index (χ1n) is 9.70. The standard InChI is InChI=1S/C20H20N6O2/c21-7-5-16(27)25-9-1-2-13(11-25)26-18-14-6-8-22-19(14)23-10-15(18)24-17(20(26)28)12-3-4-12/h6,8,10,12-13H,1-5,9,11H2,(H,22,23). The molecule has 8 nitrogen and oxygen atoms in total. The number of carbonyl (C=O) groups is 1. The van der Waals surface area contributed by atoms with Crippen molar-refractivity contribution in [2.45, 2.75) is 44.1 Å². The molecule has 142 valence electrons. The van der Waals surface area contributed by atoms with Gasteiger partial charge in [0.2, 0.25) is 5.91 Å². The van der Waals surface area contributed by atoms with E-state index in [0.717, 1.165) is 42.2 Å². The topological polar surface area (TPSA) is 108 Å². The molecule has 1 atom stereocenters. The van der Waals surface area contributed by atoms with Crippen molar-refractivity contribution in [2.24, 2.45) is 0 Å². The number of carbonyl (C=O) groups excluding carboxylic acids is 1. The van der Waals surface area contributed by atoms with Crippen molar-refractivity contribution in [1.29, 1.82) is 5.26 Å². The lowest BCUT2D eigenvalue weighted by atomic mass is 10.0. The molecule has 28 heavy (non-hydrogen) atoms. The molecule has 1 aliphatic carbocycles. The first-order chi connectivity index (χ1) is 13.7. The van der Waals surface area contributed by atoms with Gasteiger partial charge in [-0.2, -0.15) is 5.26 Å². The highest BCUT2D eigenvalue weighted by molar-refractivity contribution is 6.00. The van der Waals surface area contributed by atoms with Crippen LogP contribution in [0, 0.1) is 11.3 Å². The molecule has 3 aromatic heterocycles. The molecule has 1 unspecified atom stereocenters. The molecule has 1 N–H and O–H groups in total. The Bertz CT molecular complexity index is 1180. The predicted octanol–water partition coefficient (Wildman–Crippen LogP) is 2.23. The Hall–Kier alpha value is -3.21. The number of amides is 1. The highest BCUT2D eigenvalue weighted by Crippen LogP contribution is 2.38. The number of fused-ring (bicyclic) bond motifs is 3. The minimum atomic E-state index is -0.172. The molecule has 3 aromatic rings. The maximum Gasteiger partial charge on any atom is 0.273 e. The van der Waals surface area contributed by atoms with E-state index >= 15 is 0 Å². The van der Waals surface area contributed by atoms with Crippen LogP contribution >= 0.6 is 0 Å². The number of aromatic amines is 1. The van der Waals surface area contributed by atoms with Crippen LogP contribution in [-0.2, 0) is 4.79 Å². The molecule has 1 saturated carbocycles. The van der Waals surface area contributed by atoms with Crippen LogP contribution in [0.25, 0.3) is 22.1 Å². The van der Waals surface area contributed by atoms with Gasteiger partial charge in [-0.1, -0.05) is 0 Å². The minimum absolute atomic E-state index is 0.0525. The number of hydrogen-bond donors (Lipinski definition) is 1. The van der Waals surface area contributed by atoms with Crippen molar-refractivity contribution in [1.82, 2.24) is 24.4 Å². The number of nitrogens with one attached hydrogen (secondary N) is 1. The quantitative estimate of drug-likeness (QED) is 0.754. The average molecular weight is 376 g/mol. The summed E-state index contributed by atoms with van der Waals surface area (Å²) in [4.78, 5) is 39.6. The van der Waals surface area contributed by atoms with E-state index < -0.39 is 0 Å². The second kappa shape index (κ2) is 6.44. The number of pyridine rings is 1. The van der Waals surface area contributed by atoms with Crippen LogP contribution in [0.1, 0.15) is 49.8 Å². The van der Waals surface area contributed by atoms with Crippen LogP contribution in [0.15, 0.2) is 23.3 Å². The average Bonchev–Trinajstić information content (AvgIpc) is 3.44. The lowest BCUT2D eigenvalue weighted by Gasteiger charge is -2.34. The molecule has 8 heteroatoms. The van der Waals surface area contributed by atoms with E-state index in [0.29, 0.717) is 24.3 Å². The largest absolute Gasteiger partial charge is 0.346 e. The lowest BCUT2D eigenvalue weighted by molar-refractivity contribution is -0.131. The van der Waals surface area contributed by atoms with Crippen molar-refractivity contribution in [3.8, 4) is 6.07 Å². The molecular formula is C20H20N6O2. The Kier molecular flexibility index (Phi) is 3.90. The molecule has 1 aliphatic heterocycles. The number of aromatic nitrogens is 4. The van der Waals surface area contributed by atoms with E-state index in [-0.39, 0.29) is 29.8 Å². The number of rotatable bonds is 3. The number of piperidine rings is 1. The van der Waals surface area contributed by atoms with E-state index in [9.17, 15) is 9.59 Å². The zero-order chi connectivity index (χ0) is 19.3. The fraction of sp³-hybridized carbons (Fsp3) is 0.450. The van der Waals surface area contributed by atoms with Crippen LogP contribution < -0.4 is 5.56 Å². The molecule has 2 fully saturated rings. The maximum atomic E-state index is 13.4. The van der Waals surface area contributed by atoms with Crippen LogP contribution in [0.2, 0.25) is 0 Å². The van der Waals surface area contributed by atoms with E-state index in [4.69, 9.17) is 5.26 Å². The summed E-state index contributed by atoms with van der Waals surface area (Å²) in [5.74, 6) is 0.0551. The number of likely N-dealkylation sites (tertiary alicyclic amines) is 1. The van der Waals surface area contributed by atoms with Gasteiger partial charge < -0.3 is 9.88 Å². The fourth-order valence-electron chi connectivity index (χ4n) is 4.26. The summed E-state index contributed by atoms with van der Waals surface area (Å²) < 4.78 is 1.85. The fourth-order valence-corrected chi connectivity index (χ4v) is 4.26. The maximum absolute atomic E-state index is 13.4. The Labute approximate surface area is 160 Å². The highest BCUT2D eigenvalue weighted by Gasteiger charge is 2.33. The van der Waals surface area contributed by atoms with Crippen molar-refractivity contribution < 1.29 is 4.79 Å². The second-order valence-corrected chi connectivity index (χ2v) is 7.65. The van der Waals surface area contributed by atoms with Gasteiger partial charge in [-0.15, -0.1) is 0 Å². The van der Waals surface area contributed by atoms with Gasteiger partial charge in [-0.3, -0.25) is 14.2 Å². The highest BCUT2D eigenvalue weighted by atomic mass is 16.2. The third kappa shape index (κ3) is 2.66. The molecule has 0 bridgehead atoms. The number of nitrogens with zero attached hydrogens (tertiary/aromatic N) is 5. The van der Waals surface area contributed by atoms with Crippen LogP contribution in [0.5, 0.6) is 0 Å². The van der Waals surface area contributed by atoms with Gasteiger partial charge in [0.05, 0.1) is 23.8 Å². The van der Waals surface area contributed by atoms with Gasteiger partial charge in [0, 0.05) is 30.6 Å². The van der Waals surface area contributed by atoms with E-state index in [1.807, 2.05) is 22.9 Å². The van der Waals surface area contributed by atoms with Crippen LogP contribution in [0.4, 0.5) is 0 Å². The van der Waals surface area contributed by atoms with E-state index in [2.05, 4.69) is 15.0 Å². The van der Waals surface area contributed by atoms with Crippen molar-refractivity contribution in [3.05, 3.63) is 34.5 Å². The van der Waals surface area contributed by atoms with Gasteiger partial charge in [0.15, 0.2) is 0 Å². The molecule has 2 aliphatic rings. The molecule has 0 spiro atoms. The summed E-state index contributed by atoms with van der Waals surface area (Å²) in [6.07, 6.45) is 7.00. The van der Waals surface area contributed by atoms with Gasteiger partial charge in [0.1, 0.15) is 23.3 Å². The lowest BCUT2D eigenvalue weighted by Crippen LogP contribution is -2.43. The molecule has 4 heterocycles. The Morgan fingerprint density at radius 2 is 2.21 bits per heavy atom. The monoisotopic (exact) mass is 376 g/mol. The summed E-state index contributed by atoms with van der Waals surface area (Å²) in [5.41, 5.74) is 2.78. The number of nitriles is 1. The zero-order valence-electron chi connectivity index (χ0n) is 15.4. The first kappa shape index (κ1) is 16.9. The van der Waals surface area contributed by atoms with Crippen molar-refractivity contribution in [3.63, 3.8) is 0 Å². The molecule has 5 rings (SSSR count). The number of H-pyrrole nitrogens is 1. The molecule has 1 saturated heterocycles. The third-order valence-corrected chi connectivity index (χ3v) is 5.77. The molecular weight excluding hydrogens is 356 g/mol. The van der Waals surface area contributed by atoms with Gasteiger partial charge >= 0.3 is 0 Å². The molecule has 0 radical (unpaired) electrons. The molecule has 1 amide bonds. The Morgan fingerprint density at radius 1 is 1.36 bits per heavy atom. The summed E-state index contributed by atoms with van der Waals surface area (Å²) >= 11 is 0. The number of hydrogen-bond acceptors (Lipinski definition) is 5. The van der Waals surface area contributed by atoms with Crippen molar-refractivity contribution in [2.75, 3.05) is 13.1 Å². The predicted molar refractivity (Wildman–Crippen MR) is 103 cm³/mol. The summed E-state index contributed by atoms with van der Waals surface area (Å²) in [7, 11) is 0. The Morgan fingerprint density at radius 3 is 3.00 bits per heavy atom. The van der Waals surface area contributed by atoms with Gasteiger partial charge in [-0.25, -0.2) is 9.97 Å². The van der Waals surface area contributed by atoms with Gasteiger partial charge in [0.25, 0.3) is 5.56 Å². The van der Waals surface area contributed by atoms with Crippen molar-refractivity contribution >= 4 is 28.0 Å². The third-order valence-electron chi connectivity index (χ3n) is 5.77. The smallest absolute Gasteiger partial charge is 0.273 e. The van der Waals surface area contributed by atoms with Crippen LogP contribution in [-0.4, -0.2) is 43.4 Å². The normalized spacial score (nSPS) is 19.8. The summed E-state index contributed by atoms with van der Waals surface area (Å²) in [6, 6.07) is 3.72. The Balaban J connectivity index is 1.69. The second-order valence-electron chi connectivity index (χ2n) is 7.65. The zero-order valence-corrected chi connectivity index (χ0v) is 15.4. The van der Waals surface area contributed by atoms with E-state index in [1.165, 1.54) is 0 Å². The minimum Gasteiger partial charge on any atom is -0.346 e. The van der Waals surface area contributed by atoms with Crippen LogP contribution in [0.3, 0.4) is 0 Å². The van der Waals surface area contributed by atoms with E-state index in [1.54, 1.807) is 11.1 Å². The summed E-state index contributed by atoms with van der Waals surface area (Å²) in [5, 5.41) is 9.73. The van der Waals surface area contributed by atoms with Gasteiger partial charge in [-0.05, 0) is 31.7 Å². The SMILES string of the molecule is N#CCC(=O)N1CCCC(n2c(=O)c(C3CC3)nc3cnc4[nH]ccc4c32)C1. The molecule has 0 aromatic carbocycles. The first-order valence-corrected chi connectivity index (χ1v) is 9.70.